The van der Waals surface area contributed by atoms with Crippen LogP contribution in [0.1, 0.15) is 31.4 Å². The molecule has 0 fully saturated rings. The molecule has 1 atom stereocenters. The second kappa shape index (κ2) is 12.2. The van der Waals surface area contributed by atoms with Crippen LogP contribution in [-0.4, -0.2) is 43.4 Å². The van der Waals surface area contributed by atoms with E-state index in [-0.39, 0.29) is 31.1 Å². The summed E-state index contributed by atoms with van der Waals surface area (Å²) < 4.78 is 15.1. The molecule has 8 nitrogen and oxygen atoms in total. The van der Waals surface area contributed by atoms with Crippen LogP contribution in [0, 0.1) is 0 Å². The molecule has 170 valence electrons. The summed E-state index contributed by atoms with van der Waals surface area (Å²) in [4.78, 5) is 47.2. The first-order chi connectivity index (χ1) is 15.3. The Bertz CT molecular complexity index is 936. The largest absolute Gasteiger partial charge is 0.497 e. The summed E-state index contributed by atoms with van der Waals surface area (Å²) in [6.07, 6.45) is 0.928. The Hall–Kier alpha value is -3.68. The normalized spacial score (nSPS) is 11.2. The summed E-state index contributed by atoms with van der Waals surface area (Å²) >= 11 is 0. The molecule has 0 aromatic heterocycles. The van der Waals surface area contributed by atoms with E-state index in [1.807, 2.05) is 24.3 Å². The van der Waals surface area contributed by atoms with Crippen LogP contribution in [0.15, 0.2) is 48.5 Å². The molecule has 2 aromatic carbocycles. The molecule has 2 aromatic rings. The number of benzene rings is 2. The van der Waals surface area contributed by atoms with E-state index in [1.165, 1.54) is 12.1 Å². The van der Waals surface area contributed by atoms with Gasteiger partial charge in [-0.25, -0.2) is 9.59 Å². The van der Waals surface area contributed by atoms with E-state index in [1.54, 1.807) is 26.2 Å². The fourth-order valence-electron chi connectivity index (χ4n) is 2.86. The Morgan fingerprint density at radius 2 is 1.50 bits per heavy atom. The number of carbonyl (C=O) groups excluding carboxylic acids is 4. The van der Waals surface area contributed by atoms with Crippen LogP contribution in [0.4, 0.5) is 0 Å². The maximum Gasteiger partial charge on any atom is 0.379 e. The van der Waals surface area contributed by atoms with Gasteiger partial charge in [0.25, 0.3) is 0 Å². The summed E-state index contributed by atoms with van der Waals surface area (Å²) in [6, 6.07) is 12.9. The number of hydrogen-bond acceptors (Lipinski definition) is 7. The van der Waals surface area contributed by atoms with Crippen molar-refractivity contribution >= 4 is 23.6 Å². The maximum atomic E-state index is 12.5. The van der Waals surface area contributed by atoms with E-state index in [0.717, 1.165) is 23.8 Å². The van der Waals surface area contributed by atoms with Crippen molar-refractivity contribution in [3.8, 4) is 11.5 Å². The minimum atomic E-state index is -0.953. The van der Waals surface area contributed by atoms with E-state index < -0.39 is 23.8 Å². The molecular formula is C24H27NO7. The van der Waals surface area contributed by atoms with Crippen LogP contribution in [0.3, 0.4) is 0 Å². The second-order valence-corrected chi connectivity index (χ2v) is 7.01. The summed E-state index contributed by atoms with van der Waals surface area (Å²) in [7, 11) is 1.59. The summed E-state index contributed by atoms with van der Waals surface area (Å²) in [5.41, 5.74) is 1.70. The van der Waals surface area contributed by atoms with Gasteiger partial charge in [-0.1, -0.05) is 24.3 Å². The second-order valence-electron chi connectivity index (χ2n) is 7.01. The highest BCUT2D eigenvalue weighted by Crippen LogP contribution is 2.15. The average molecular weight is 441 g/mol. The van der Waals surface area contributed by atoms with Gasteiger partial charge in [0.05, 0.1) is 13.7 Å². The number of Topliss-reactive ketones (excluding diaryl/α,β-unsaturated/α-hetero) is 1. The molecule has 1 unspecified atom stereocenters. The lowest BCUT2D eigenvalue weighted by Crippen LogP contribution is -2.43. The van der Waals surface area contributed by atoms with E-state index in [4.69, 9.17) is 14.2 Å². The minimum absolute atomic E-state index is 0.191. The molecule has 1 N–H and O–H groups in total. The van der Waals surface area contributed by atoms with Crippen LogP contribution in [0.5, 0.6) is 11.5 Å². The average Bonchev–Trinajstić information content (AvgIpc) is 2.78. The van der Waals surface area contributed by atoms with Crippen molar-refractivity contribution in [1.29, 1.82) is 0 Å². The maximum absolute atomic E-state index is 12.5. The molecule has 0 radical (unpaired) electrons. The monoisotopic (exact) mass is 441 g/mol. The van der Waals surface area contributed by atoms with E-state index >= 15 is 0 Å². The van der Waals surface area contributed by atoms with Crippen LogP contribution >= 0.6 is 0 Å². The zero-order valence-electron chi connectivity index (χ0n) is 18.4. The lowest BCUT2D eigenvalue weighted by atomic mass is 10.0. The summed E-state index contributed by atoms with van der Waals surface area (Å²) in [6.45, 7) is 3.01. The molecule has 2 rings (SSSR count). The highest BCUT2D eigenvalue weighted by Gasteiger charge is 2.22. The molecule has 0 saturated heterocycles. The van der Waals surface area contributed by atoms with Gasteiger partial charge in [0.2, 0.25) is 11.7 Å². The zero-order chi connectivity index (χ0) is 23.5. The lowest BCUT2D eigenvalue weighted by molar-refractivity contribution is -0.147. The quantitative estimate of drug-likeness (QED) is 0.324. The van der Waals surface area contributed by atoms with Crippen molar-refractivity contribution in [2.75, 3.05) is 13.7 Å². The number of ether oxygens (including phenoxy) is 3. The van der Waals surface area contributed by atoms with Gasteiger partial charge in [0.1, 0.15) is 17.5 Å². The number of methoxy groups -OCH3 is 1. The van der Waals surface area contributed by atoms with E-state index in [9.17, 15) is 19.2 Å². The summed E-state index contributed by atoms with van der Waals surface area (Å²) in [5, 5.41) is 2.74. The van der Waals surface area contributed by atoms with Gasteiger partial charge >= 0.3 is 11.9 Å². The van der Waals surface area contributed by atoms with Crippen molar-refractivity contribution in [2.24, 2.45) is 0 Å². The number of carbonyl (C=O) groups is 4. The van der Waals surface area contributed by atoms with E-state index in [0.29, 0.717) is 6.42 Å². The van der Waals surface area contributed by atoms with Crippen molar-refractivity contribution < 1.29 is 33.4 Å². The molecule has 0 aliphatic heterocycles. The Kier molecular flexibility index (Phi) is 9.41. The number of esters is 2. The molecule has 0 bridgehead atoms. The molecule has 1 amide bonds. The number of rotatable bonds is 11. The van der Waals surface area contributed by atoms with Gasteiger partial charge in [-0.2, -0.15) is 0 Å². The van der Waals surface area contributed by atoms with Crippen LogP contribution in [-0.2, 0) is 36.8 Å². The first-order valence-electron chi connectivity index (χ1n) is 10.2. The predicted molar refractivity (Wildman–Crippen MR) is 116 cm³/mol. The standard InChI is InChI=1S/C24H27NO7/c1-4-31-24(29)21(15-18-7-12-20(13-8-18)32-23(28)16(2)26)25-22(27)14-9-17-5-10-19(30-3)11-6-17/h5-8,10-13,21H,4,9,14-15H2,1-3H3,(H,25,27). The number of ketones is 1. The topological polar surface area (TPSA) is 108 Å². The first kappa shape index (κ1) is 24.6. The van der Waals surface area contributed by atoms with Gasteiger partial charge in [0.15, 0.2) is 0 Å². The molecule has 0 aliphatic carbocycles. The van der Waals surface area contributed by atoms with Gasteiger partial charge in [0, 0.05) is 19.8 Å². The molecule has 0 spiro atoms. The highest BCUT2D eigenvalue weighted by molar-refractivity contribution is 6.33. The van der Waals surface area contributed by atoms with E-state index in [2.05, 4.69) is 5.32 Å². The molecular weight excluding hydrogens is 414 g/mol. The Labute approximate surface area is 186 Å². The Balaban J connectivity index is 1.97. The Morgan fingerprint density at radius 1 is 0.906 bits per heavy atom. The smallest absolute Gasteiger partial charge is 0.379 e. The molecule has 0 saturated carbocycles. The summed E-state index contributed by atoms with van der Waals surface area (Å²) in [5.74, 6) is -1.50. The third-order valence-corrected chi connectivity index (χ3v) is 4.57. The van der Waals surface area contributed by atoms with Gasteiger partial charge < -0.3 is 19.5 Å². The zero-order valence-corrected chi connectivity index (χ0v) is 18.4. The third kappa shape index (κ3) is 7.86. The fourth-order valence-corrected chi connectivity index (χ4v) is 2.86. The van der Waals surface area contributed by atoms with Crippen LogP contribution in [0.25, 0.3) is 0 Å². The van der Waals surface area contributed by atoms with Crippen molar-refractivity contribution in [3.05, 3.63) is 59.7 Å². The SMILES string of the molecule is CCOC(=O)C(Cc1ccc(OC(=O)C(C)=O)cc1)NC(=O)CCc1ccc(OC)cc1. The lowest BCUT2D eigenvalue weighted by Gasteiger charge is -2.18. The molecule has 32 heavy (non-hydrogen) atoms. The van der Waals surface area contributed by atoms with Gasteiger partial charge in [-0.15, -0.1) is 0 Å². The van der Waals surface area contributed by atoms with Crippen molar-refractivity contribution in [1.82, 2.24) is 5.32 Å². The number of aryl methyl sites for hydroxylation is 1. The third-order valence-electron chi connectivity index (χ3n) is 4.57. The predicted octanol–water partition coefficient (Wildman–Crippen LogP) is 2.41. The van der Waals surface area contributed by atoms with Crippen LogP contribution < -0.4 is 14.8 Å². The molecule has 8 heteroatoms. The molecule has 0 aliphatic rings. The fraction of sp³-hybridized carbons (Fsp3) is 0.333. The van der Waals surface area contributed by atoms with Crippen LogP contribution in [0.2, 0.25) is 0 Å². The minimum Gasteiger partial charge on any atom is -0.497 e. The van der Waals surface area contributed by atoms with Gasteiger partial charge in [-0.3, -0.25) is 9.59 Å². The van der Waals surface area contributed by atoms with Gasteiger partial charge in [-0.05, 0) is 48.7 Å². The Morgan fingerprint density at radius 3 is 2.06 bits per heavy atom. The van der Waals surface area contributed by atoms with Crippen molar-refractivity contribution in [3.63, 3.8) is 0 Å². The van der Waals surface area contributed by atoms with Crippen molar-refractivity contribution in [2.45, 2.75) is 39.2 Å². The molecule has 0 heterocycles. The first-order valence-corrected chi connectivity index (χ1v) is 10.2. The number of nitrogens with one attached hydrogen (secondary N) is 1. The number of hydrogen-bond donors (Lipinski definition) is 1. The number of amides is 1. The highest BCUT2D eigenvalue weighted by atomic mass is 16.5.